The van der Waals surface area contributed by atoms with E-state index in [9.17, 15) is 19.5 Å². The molecule has 39 heavy (non-hydrogen) atoms. The zero-order valence-electron chi connectivity index (χ0n) is 22.7. The van der Waals surface area contributed by atoms with E-state index < -0.39 is 24.1 Å². The molecule has 6 N–H and O–H groups in total. The highest BCUT2D eigenvalue weighted by atomic mass is 16.3. The first-order chi connectivity index (χ1) is 18.8. The van der Waals surface area contributed by atoms with Crippen molar-refractivity contribution in [3.05, 3.63) is 59.7 Å². The smallest absolute Gasteiger partial charge is 0.251 e. The number of carbonyl (C=O) groups is 3. The summed E-state index contributed by atoms with van der Waals surface area (Å²) in [5, 5.41) is 20.4. The van der Waals surface area contributed by atoms with Crippen molar-refractivity contribution in [2.24, 2.45) is 0 Å². The fourth-order valence-corrected chi connectivity index (χ4v) is 5.35. The van der Waals surface area contributed by atoms with E-state index in [2.05, 4.69) is 16.0 Å². The molecule has 1 saturated heterocycles. The fraction of sp³-hybridized carbons (Fsp3) is 0.500. The number of benzene rings is 2. The summed E-state index contributed by atoms with van der Waals surface area (Å²) in [5.41, 5.74) is 8.35. The van der Waals surface area contributed by atoms with Gasteiger partial charge in [0.1, 0.15) is 0 Å². The lowest BCUT2D eigenvalue weighted by Gasteiger charge is -2.27. The number of hydrogen-bond donors (Lipinski definition) is 5. The van der Waals surface area contributed by atoms with E-state index in [4.69, 9.17) is 5.73 Å². The summed E-state index contributed by atoms with van der Waals surface area (Å²) >= 11 is 0. The Balaban J connectivity index is 1.42. The summed E-state index contributed by atoms with van der Waals surface area (Å²) in [7, 11) is 0. The number of aliphatic hydroxyl groups excluding tert-OH is 1. The normalized spacial score (nSPS) is 18.4. The molecule has 3 unspecified atom stereocenters. The highest BCUT2D eigenvalue weighted by Gasteiger charge is 2.27. The molecule has 2 aromatic rings. The second-order valence-corrected chi connectivity index (χ2v) is 10.8. The van der Waals surface area contributed by atoms with Crippen LogP contribution in [0.3, 0.4) is 0 Å². The molecule has 1 saturated carbocycles. The summed E-state index contributed by atoms with van der Waals surface area (Å²) in [6.45, 7) is 2.50. The predicted octanol–water partition coefficient (Wildman–Crippen LogP) is 2.52. The largest absolute Gasteiger partial charge is 0.399 e. The van der Waals surface area contributed by atoms with Gasteiger partial charge in [0.2, 0.25) is 11.8 Å². The minimum atomic E-state index is -0.959. The van der Waals surface area contributed by atoms with Crippen LogP contribution in [0.2, 0.25) is 0 Å². The predicted molar refractivity (Wildman–Crippen MR) is 152 cm³/mol. The number of nitrogens with zero attached hydrogens (tertiary/aromatic N) is 1. The molecule has 3 atom stereocenters. The first kappa shape index (κ1) is 28.6. The molecule has 9 nitrogen and oxygen atoms in total. The standard InChI is InChI=1S/C30H41N5O4/c1-20(29(38)33-24-11-6-3-7-12-24)32-19-27(36)26(15-21-9-4-2-5-10-21)34-30(39)22-16-23(31)18-25(17-22)35-14-8-13-28(35)37/h2,4-5,9-10,16-18,20,24,26-27,32,36H,3,6-8,11-15,19,31H2,1H3,(H,33,38)(H,34,39). The van der Waals surface area contributed by atoms with Crippen molar-refractivity contribution in [3.8, 4) is 0 Å². The second kappa shape index (κ2) is 13.6. The van der Waals surface area contributed by atoms with Gasteiger partial charge in [-0.25, -0.2) is 0 Å². The Labute approximate surface area is 230 Å². The first-order valence-corrected chi connectivity index (χ1v) is 14.1. The summed E-state index contributed by atoms with van der Waals surface area (Å²) in [4.78, 5) is 39.9. The Hall–Kier alpha value is -3.43. The Morgan fingerprint density at radius 1 is 1.08 bits per heavy atom. The van der Waals surface area contributed by atoms with Gasteiger partial charge in [-0.05, 0) is 56.4 Å². The van der Waals surface area contributed by atoms with Crippen LogP contribution in [0.5, 0.6) is 0 Å². The van der Waals surface area contributed by atoms with Crippen molar-refractivity contribution in [1.82, 2.24) is 16.0 Å². The van der Waals surface area contributed by atoms with E-state index in [-0.39, 0.29) is 24.4 Å². The van der Waals surface area contributed by atoms with Crippen LogP contribution in [-0.2, 0) is 16.0 Å². The van der Waals surface area contributed by atoms with Crippen molar-refractivity contribution in [2.45, 2.75) is 82.5 Å². The fourth-order valence-electron chi connectivity index (χ4n) is 5.35. The molecule has 0 bridgehead atoms. The molecule has 4 rings (SSSR count). The van der Waals surface area contributed by atoms with Gasteiger partial charge in [0, 0.05) is 42.5 Å². The van der Waals surface area contributed by atoms with Crippen LogP contribution in [0.25, 0.3) is 0 Å². The molecular formula is C30H41N5O4. The van der Waals surface area contributed by atoms with E-state index in [1.54, 1.807) is 30.0 Å². The van der Waals surface area contributed by atoms with Crippen LogP contribution in [0.15, 0.2) is 48.5 Å². The Morgan fingerprint density at radius 2 is 1.82 bits per heavy atom. The number of rotatable bonds is 11. The minimum Gasteiger partial charge on any atom is -0.399 e. The maximum Gasteiger partial charge on any atom is 0.251 e. The summed E-state index contributed by atoms with van der Waals surface area (Å²) in [6, 6.07) is 13.6. The molecule has 2 aliphatic rings. The van der Waals surface area contributed by atoms with Gasteiger partial charge >= 0.3 is 0 Å². The minimum absolute atomic E-state index is 0.0112. The molecule has 1 heterocycles. The highest BCUT2D eigenvalue weighted by Crippen LogP contribution is 2.25. The Kier molecular flexibility index (Phi) is 9.95. The maximum absolute atomic E-state index is 13.4. The second-order valence-electron chi connectivity index (χ2n) is 10.8. The molecule has 1 aliphatic carbocycles. The monoisotopic (exact) mass is 535 g/mol. The van der Waals surface area contributed by atoms with E-state index >= 15 is 0 Å². The van der Waals surface area contributed by atoms with Gasteiger partial charge in [-0.15, -0.1) is 0 Å². The lowest BCUT2D eigenvalue weighted by Crippen LogP contribution is -2.53. The zero-order chi connectivity index (χ0) is 27.8. The summed E-state index contributed by atoms with van der Waals surface area (Å²) < 4.78 is 0. The van der Waals surface area contributed by atoms with Gasteiger partial charge in [0.25, 0.3) is 5.91 Å². The molecule has 0 radical (unpaired) electrons. The van der Waals surface area contributed by atoms with Gasteiger partial charge in [-0.3, -0.25) is 14.4 Å². The van der Waals surface area contributed by atoms with Crippen molar-refractivity contribution >= 4 is 29.1 Å². The van der Waals surface area contributed by atoms with Crippen molar-refractivity contribution in [1.29, 1.82) is 0 Å². The lowest BCUT2D eigenvalue weighted by molar-refractivity contribution is -0.123. The van der Waals surface area contributed by atoms with Gasteiger partial charge in [-0.1, -0.05) is 49.6 Å². The highest BCUT2D eigenvalue weighted by molar-refractivity contribution is 6.00. The molecule has 1 aliphatic heterocycles. The van der Waals surface area contributed by atoms with Crippen LogP contribution < -0.4 is 26.6 Å². The average molecular weight is 536 g/mol. The van der Waals surface area contributed by atoms with Crippen LogP contribution in [0.1, 0.15) is 67.8 Å². The third-order valence-corrected chi connectivity index (χ3v) is 7.64. The third kappa shape index (κ3) is 8.03. The van der Waals surface area contributed by atoms with Crippen molar-refractivity contribution in [3.63, 3.8) is 0 Å². The van der Waals surface area contributed by atoms with Gasteiger partial charge < -0.3 is 31.7 Å². The molecule has 3 amide bonds. The number of nitrogens with one attached hydrogen (secondary N) is 3. The number of carbonyl (C=O) groups excluding carboxylic acids is 3. The number of anilines is 2. The third-order valence-electron chi connectivity index (χ3n) is 7.64. The van der Waals surface area contributed by atoms with E-state index in [1.165, 1.54) is 6.42 Å². The summed E-state index contributed by atoms with van der Waals surface area (Å²) in [6.07, 6.45) is 6.18. The molecule has 9 heteroatoms. The molecule has 210 valence electrons. The first-order valence-electron chi connectivity index (χ1n) is 14.1. The van der Waals surface area contributed by atoms with E-state index in [0.29, 0.717) is 36.3 Å². The van der Waals surface area contributed by atoms with Crippen molar-refractivity contribution < 1.29 is 19.5 Å². The van der Waals surface area contributed by atoms with Crippen LogP contribution >= 0.6 is 0 Å². The molecule has 2 aromatic carbocycles. The van der Waals surface area contributed by atoms with Gasteiger partial charge in [0.05, 0.1) is 18.2 Å². The Morgan fingerprint density at radius 3 is 2.51 bits per heavy atom. The van der Waals surface area contributed by atoms with Crippen LogP contribution in [0, 0.1) is 0 Å². The topological polar surface area (TPSA) is 137 Å². The van der Waals surface area contributed by atoms with Crippen LogP contribution in [-0.4, -0.2) is 60.1 Å². The van der Waals surface area contributed by atoms with E-state index in [0.717, 1.165) is 37.7 Å². The van der Waals surface area contributed by atoms with Crippen molar-refractivity contribution in [2.75, 3.05) is 23.7 Å². The van der Waals surface area contributed by atoms with Gasteiger partial charge in [-0.2, -0.15) is 0 Å². The molecule has 2 fully saturated rings. The lowest BCUT2D eigenvalue weighted by atomic mass is 9.95. The average Bonchev–Trinajstić information content (AvgIpc) is 3.37. The Bertz CT molecular complexity index is 1140. The zero-order valence-corrected chi connectivity index (χ0v) is 22.7. The van der Waals surface area contributed by atoms with E-state index in [1.807, 2.05) is 30.3 Å². The quantitative estimate of drug-likeness (QED) is 0.281. The number of nitrogens with two attached hydrogens (primary N) is 1. The van der Waals surface area contributed by atoms with Gasteiger partial charge in [0.15, 0.2) is 0 Å². The maximum atomic E-state index is 13.4. The van der Waals surface area contributed by atoms with Crippen LogP contribution in [0.4, 0.5) is 11.4 Å². The summed E-state index contributed by atoms with van der Waals surface area (Å²) in [5.74, 6) is -0.461. The number of hydrogen-bond acceptors (Lipinski definition) is 6. The molecular weight excluding hydrogens is 494 g/mol. The SMILES string of the molecule is CC(NCC(O)C(Cc1ccccc1)NC(=O)c1cc(N)cc(N2CCCC2=O)c1)C(=O)NC1CCCCC1. The molecule has 0 spiro atoms. The number of amides is 3. The molecule has 0 aromatic heterocycles. The number of nitrogen functional groups attached to an aromatic ring is 1. The number of aliphatic hydroxyl groups is 1.